The highest BCUT2D eigenvalue weighted by Crippen LogP contribution is 2.26. The van der Waals surface area contributed by atoms with Gasteiger partial charge in [-0.1, -0.05) is 30.3 Å². The smallest absolute Gasteiger partial charge is 0.255 e. The fraction of sp³-hybridized carbons (Fsp3) is 0.318. The summed E-state index contributed by atoms with van der Waals surface area (Å²) in [6, 6.07) is 16.3. The van der Waals surface area contributed by atoms with Crippen LogP contribution in [0.3, 0.4) is 0 Å². The summed E-state index contributed by atoms with van der Waals surface area (Å²) in [5.74, 6) is 0.499. The first-order valence-corrected chi connectivity index (χ1v) is 10.4. The Bertz CT molecular complexity index is 936. The Kier molecular flexibility index (Phi) is 5.90. The van der Waals surface area contributed by atoms with E-state index in [0.717, 1.165) is 37.1 Å². The van der Waals surface area contributed by atoms with Gasteiger partial charge in [-0.25, -0.2) is 0 Å². The van der Waals surface area contributed by atoms with Crippen LogP contribution in [0, 0.1) is 0 Å². The van der Waals surface area contributed by atoms with E-state index in [4.69, 9.17) is 9.47 Å². The summed E-state index contributed by atoms with van der Waals surface area (Å²) < 4.78 is 11.0. The number of hydrogen-bond acceptors (Lipinski definition) is 4. The number of hydrogen-bond donors (Lipinski definition) is 2. The van der Waals surface area contributed by atoms with Gasteiger partial charge in [0.05, 0.1) is 37.3 Å². The summed E-state index contributed by atoms with van der Waals surface area (Å²) >= 11 is 1.74. The van der Waals surface area contributed by atoms with Gasteiger partial charge in [-0.3, -0.25) is 4.79 Å². The van der Waals surface area contributed by atoms with Gasteiger partial charge >= 0.3 is 0 Å². The van der Waals surface area contributed by atoms with Crippen LogP contribution in [0.1, 0.15) is 21.3 Å². The second kappa shape index (κ2) is 8.73. The summed E-state index contributed by atoms with van der Waals surface area (Å²) in [5, 5.41) is 7.33. The molecule has 1 amide bonds. The third-order valence-corrected chi connectivity index (χ3v) is 6.28. The van der Waals surface area contributed by atoms with Crippen LogP contribution in [0.15, 0.2) is 53.9 Å². The molecular weight excluding hydrogens is 372 g/mol. The number of nitrogens with one attached hydrogen (secondary N) is 2. The largest absolute Gasteiger partial charge is 0.496 e. The van der Waals surface area contributed by atoms with Crippen molar-refractivity contribution in [1.82, 2.24) is 5.32 Å². The average molecular weight is 398 g/mol. The molecule has 146 valence electrons. The number of benzene rings is 2. The van der Waals surface area contributed by atoms with Gasteiger partial charge in [0.2, 0.25) is 0 Å². The highest BCUT2D eigenvalue weighted by atomic mass is 32.1. The Morgan fingerprint density at radius 3 is 2.61 bits per heavy atom. The molecule has 0 unspecified atom stereocenters. The molecule has 2 heterocycles. The van der Waals surface area contributed by atoms with Gasteiger partial charge < -0.3 is 19.7 Å². The van der Waals surface area contributed by atoms with Gasteiger partial charge in [-0.15, -0.1) is 11.3 Å². The lowest BCUT2D eigenvalue weighted by Crippen LogP contribution is -3.15. The minimum Gasteiger partial charge on any atom is -0.496 e. The zero-order valence-electron chi connectivity index (χ0n) is 15.9. The van der Waals surface area contributed by atoms with Crippen molar-refractivity contribution < 1.29 is 19.2 Å². The maximum Gasteiger partial charge on any atom is 0.255 e. The molecule has 28 heavy (non-hydrogen) atoms. The first-order chi connectivity index (χ1) is 13.8. The number of ether oxygens (including phenoxy) is 2. The molecule has 1 aromatic heterocycles. The van der Waals surface area contributed by atoms with E-state index < -0.39 is 0 Å². The number of rotatable bonds is 6. The van der Waals surface area contributed by atoms with E-state index >= 15 is 0 Å². The number of fused-ring (bicyclic) bond motifs is 1. The fourth-order valence-electron chi connectivity index (χ4n) is 3.77. The van der Waals surface area contributed by atoms with Crippen molar-refractivity contribution in [3.63, 3.8) is 0 Å². The molecule has 5 nitrogen and oxygen atoms in total. The Morgan fingerprint density at radius 2 is 1.93 bits per heavy atom. The van der Waals surface area contributed by atoms with Crippen molar-refractivity contribution in [1.29, 1.82) is 0 Å². The molecule has 6 heteroatoms. The molecule has 0 spiro atoms. The zero-order valence-corrected chi connectivity index (χ0v) is 16.8. The van der Waals surface area contributed by atoms with Crippen LogP contribution >= 0.6 is 11.3 Å². The van der Waals surface area contributed by atoms with Crippen molar-refractivity contribution in [2.24, 2.45) is 0 Å². The molecule has 0 aliphatic carbocycles. The van der Waals surface area contributed by atoms with Crippen LogP contribution in [0.4, 0.5) is 0 Å². The molecule has 1 fully saturated rings. The maximum atomic E-state index is 13.0. The molecule has 2 aromatic carbocycles. The average Bonchev–Trinajstić information content (AvgIpc) is 3.28. The van der Waals surface area contributed by atoms with Crippen molar-refractivity contribution in [3.8, 4) is 5.75 Å². The molecule has 3 aromatic rings. The Morgan fingerprint density at radius 1 is 1.18 bits per heavy atom. The number of morpholine rings is 1. The molecule has 0 saturated carbocycles. The number of quaternary nitrogens is 1. The zero-order chi connectivity index (χ0) is 19.3. The summed E-state index contributed by atoms with van der Waals surface area (Å²) in [7, 11) is 1.60. The predicted molar refractivity (Wildman–Crippen MR) is 111 cm³/mol. The van der Waals surface area contributed by atoms with Gasteiger partial charge in [0.15, 0.2) is 0 Å². The SMILES string of the molecule is COc1cc2ccccc2cc1C(=O)NC[C@@H](c1cccs1)[NH+]1CCOCC1. The molecular formula is C22H25N2O3S+. The van der Waals surface area contributed by atoms with Gasteiger partial charge in [0, 0.05) is 0 Å². The highest BCUT2D eigenvalue weighted by Gasteiger charge is 2.28. The van der Waals surface area contributed by atoms with Crippen LogP contribution in [-0.4, -0.2) is 45.9 Å². The quantitative estimate of drug-likeness (QED) is 0.671. The third-order valence-electron chi connectivity index (χ3n) is 5.29. The fourth-order valence-corrected chi connectivity index (χ4v) is 4.66. The second-order valence-electron chi connectivity index (χ2n) is 6.95. The van der Waals surface area contributed by atoms with E-state index in [-0.39, 0.29) is 11.9 Å². The molecule has 1 saturated heterocycles. The van der Waals surface area contributed by atoms with Crippen molar-refractivity contribution in [2.75, 3.05) is 40.0 Å². The summed E-state index contributed by atoms with van der Waals surface area (Å²) in [6.07, 6.45) is 0. The normalized spacial score (nSPS) is 16.0. The Labute approximate surface area is 168 Å². The minimum absolute atomic E-state index is 0.100. The third kappa shape index (κ3) is 4.04. The van der Waals surface area contributed by atoms with Crippen LogP contribution in [0.5, 0.6) is 5.75 Å². The lowest BCUT2D eigenvalue weighted by Gasteiger charge is -2.31. The maximum absolute atomic E-state index is 13.0. The van der Waals surface area contributed by atoms with Crippen molar-refractivity contribution in [2.45, 2.75) is 6.04 Å². The molecule has 0 radical (unpaired) electrons. The molecule has 1 aliphatic rings. The number of thiophene rings is 1. The second-order valence-corrected chi connectivity index (χ2v) is 7.93. The van der Waals surface area contributed by atoms with Crippen LogP contribution < -0.4 is 15.0 Å². The van der Waals surface area contributed by atoms with Crippen molar-refractivity contribution in [3.05, 3.63) is 64.4 Å². The number of carbonyl (C=O) groups excluding carboxylic acids is 1. The summed E-state index contributed by atoms with van der Waals surface area (Å²) in [6.45, 7) is 4.04. The Balaban J connectivity index is 1.54. The molecule has 4 rings (SSSR count). The standard InChI is InChI=1S/C22H24N2O3S/c1-26-20-14-17-6-3-2-5-16(17)13-18(20)22(25)23-15-19(21-7-4-12-28-21)24-8-10-27-11-9-24/h2-7,12-14,19H,8-11,15H2,1H3,(H,23,25)/p+1/t19-/m0/s1. The van der Waals surface area contributed by atoms with E-state index in [0.29, 0.717) is 17.9 Å². The minimum atomic E-state index is -0.100. The predicted octanol–water partition coefficient (Wildman–Crippen LogP) is 2.30. The van der Waals surface area contributed by atoms with Crippen LogP contribution in [-0.2, 0) is 4.74 Å². The first kappa shape index (κ1) is 18.9. The van der Waals surface area contributed by atoms with Gasteiger partial charge in [-0.05, 0) is 34.4 Å². The molecule has 0 bridgehead atoms. The Hall–Kier alpha value is -2.41. The lowest BCUT2D eigenvalue weighted by atomic mass is 10.0. The number of amides is 1. The first-order valence-electron chi connectivity index (χ1n) is 9.57. The van der Waals surface area contributed by atoms with E-state index in [1.165, 1.54) is 9.78 Å². The molecule has 2 N–H and O–H groups in total. The topological polar surface area (TPSA) is 52.0 Å². The summed E-state index contributed by atoms with van der Waals surface area (Å²) in [5.41, 5.74) is 0.572. The van der Waals surface area contributed by atoms with Gasteiger partial charge in [0.1, 0.15) is 24.9 Å². The van der Waals surface area contributed by atoms with E-state index in [1.807, 2.05) is 36.4 Å². The number of methoxy groups -OCH3 is 1. The van der Waals surface area contributed by atoms with Gasteiger partial charge in [0.25, 0.3) is 5.91 Å². The molecule has 1 aliphatic heterocycles. The molecule has 1 atom stereocenters. The highest BCUT2D eigenvalue weighted by molar-refractivity contribution is 7.10. The lowest BCUT2D eigenvalue weighted by molar-refractivity contribution is -0.937. The van der Waals surface area contributed by atoms with E-state index in [2.05, 4.69) is 22.8 Å². The van der Waals surface area contributed by atoms with Crippen LogP contribution in [0.2, 0.25) is 0 Å². The van der Waals surface area contributed by atoms with E-state index in [9.17, 15) is 4.79 Å². The number of carbonyl (C=O) groups is 1. The van der Waals surface area contributed by atoms with Crippen LogP contribution in [0.25, 0.3) is 10.8 Å². The summed E-state index contributed by atoms with van der Waals surface area (Å²) in [4.78, 5) is 15.8. The van der Waals surface area contributed by atoms with E-state index in [1.54, 1.807) is 18.4 Å². The monoisotopic (exact) mass is 397 g/mol. The van der Waals surface area contributed by atoms with Gasteiger partial charge in [-0.2, -0.15) is 0 Å². The van der Waals surface area contributed by atoms with Crippen molar-refractivity contribution >= 4 is 28.0 Å².